The molecule has 0 amide bonds. The van der Waals surface area contributed by atoms with Gasteiger partial charge >= 0.3 is 0 Å². The first-order valence-corrected chi connectivity index (χ1v) is 5.53. The third-order valence-electron chi connectivity index (χ3n) is 3.06. The van der Waals surface area contributed by atoms with Crippen molar-refractivity contribution >= 4 is 5.78 Å². The second-order valence-electron chi connectivity index (χ2n) is 5.15. The smallest absolute Gasteiger partial charge is 0.184 e. The highest BCUT2D eigenvalue weighted by Crippen LogP contribution is 2.40. The molecule has 15 heavy (non-hydrogen) atoms. The zero-order valence-corrected chi connectivity index (χ0v) is 10.2. The van der Waals surface area contributed by atoms with E-state index in [4.69, 9.17) is 5.73 Å². The molecular formula is C13H21NO. The number of hydrogen-bond acceptors (Lipinski definition) is 2. The van der Waals surface area contributed by atoms with Crippen LogP contribution in [-0.4, -0.2) is 5.78 Å². The lowest BCUT2D eigenvalue weighted by atomic mass is 9.71. The van der Waals surface area contributed by atoms with Crippen LogP contribution in [0.25, 0.3) is 0 Å². The fourth-order valence-electron chi connectivity index (χ4n) is 2.45. The Balaban J connectivity index is 3.09. The van der Waals surface area contributed by atoms with Gasteiger partial charge in [0.1, 0.15) is 0 Å². The second kappa shape index (κ2) is 4.21. The largest absolute Gasteiger partial charge is 0.402 e. The maximum atomic E-state index is 12.0. The van der Waals surface area contributed by atoms with E-state index in [9.17, 15) is 4.79 Å². The third-order valence-corrected chi connectivity index (χ3v) is 3.06. The summed E-state index contributed by atoms with van der Waals surface area (Å²) in [4.78, 5) is 12.0. The minimum atomic E-state index is 0.00532. The molecule has 2 N–H and O–H groups in total. The van der Waals surface area contributed by atoms with Gasteiger partial charge in [0, 0.05) is 17.3 Å². The highest BCUT2D eigenvalue weighted by molar-refractivity contribution is 6.05. The molecule has 0 radical (unpaired) electrons. The zero-order valence-electron chi connectivity index (χ0n) is 10.2. The summed E-state index contributed by atoms with van der Waals surface area (Å²) in [7, 11) is 0. The van der Waals surface area contributed by atoms with E-state index in [1.165, 1.54) is 12.0 Å². The van der Waals surface area contributed by atoms with Gasteiger partial charge in [-0.15, -0.1) is 0 Å². The number of hydrogen-bond donors (Lipinski definition) is 1. The van der Waals surface area contributed by atoms with Crippen LogP contribution in [-0.2, 0) is 4.79 Å². The molecule has 0 aromatic heterocycles. The number of ketones is 1. The minimum absolute atomic E-state index is 0.00532. The monoisotopic (exact) mass is 207 g/mol. The van der Waals surface area contributed by atoms with Crippen molar-refractivity contribution in [1.29, 1.82) is 0 Å². The van der Waals surface area contributed by atoms with Gasteiger partial charge in [0.15, 0.2) is 5.78 Å². The Bertz CT molecular complexity index is 330. The van der Waals surface area contributed by atoms with Crippen LogP contribution in [0.5, 0.6) is 0 Å². The molecule has 0 atom stereocenters. The molecule has 0 unspecified atom stereocenters. The van der Waals surface area contributed by atoms with Crippen LogP contribution < -0.4 is 5.73 Å². The molecule has 2 nitrogen and oxygen atoms in total. The third kappa shape index (κ3) is 2.71. The van der Waals surface area contributed by atoms with Gasteiger partial charge in [-0.1, -0.05) is 19.4 Å². The van der Waals surface area contributed by atoms with E-state index < -0.39 is 0 Å². The molecule has 0 saturated carbocycles. The van der Waals surface area contributed by atoms with Crippen molar-refractivity contribution in [2.75, 3.05) is 0 Å². The lowest BCUT2D eigenvalue weighted by Crippen LogP contribution is -2.25. The lowest BCUT2D eigenvalue weighted by molar-refractivity contribution is -0.112. The number of rotatable bonds is 2. The van der Waals surface area contributed by atoms with E-state index in [1.807, 2.05) is 0 Å². The lowest BCUT2D eigenvalue weighted by Gasteiger charge is -2.33. The maximum absolute atomic E-state index is 12.0. The first-order chi connectivity index (χ1) is 6.84. The van der Waals surface area contributed by atoms with E-state index in [2.05, 4.69) is 20.8 Å². The number of nitrogens with two attached hydrogens (primary N) is 1. The Hall–Kier alpha value is -1.05. The van der Waals surface area contributed by atoms with Crippen molar-refractivity contribution in [1.82, 2.24) is 0 Å². The summed E-state index contributed by atoms with van der Waals surface area (Å²) in [5, 5.41) is 0. The molecule has 0 aliphatic heterocycles. The Labute approximate surface area is 92.2 Å². The van der Waals surface area contributed by atoms with Gasteiger partial charge in [-0.25, -0.2) is 0 Å². The van der Waals surface area contributed by atoms with Crippen LogP contribution in [0.15, 0.2) is 22.9 Å². The molecule has 0 aromatic carbocycles. The second-order valence-corrected chi connectivity index (χ2v) is 5.15. The van der Waals surface area contributed by atoms with Gasteiger partial charge in [0.25, 0.3) is 0 Å². The number of allylic oxidation sites excluding steroid dienone is 4. The molecule has 84 valence electrons. The Kier molecular flexibility index (Phi) is 3.38. The van der Waals surface area contributed by atoms with Crippen LogP contribution in [0.3, 0.4) is 0 Å². The Morgan fingerprint density at radius 2 is 2.07 bits per heavy atom. The van der Waals surface area contributed by atoms with Gasteiger partial charge < -0.3 is 5.73 Å². The predicted octanol–water partition coefficient (Wildman–Crippen LogP) is 2.94. The highest BCUT2D eigenvalue weighted by Gasteiger charge is 2.31. The van der Waals surface area contributed by atoms with Crippen LogP contribution >= 0.6 is 0 Å². The summed E-state index contributed by atoms with van der Waals surface area (Å²) in [5.74, 6) is 0.0946. The summed E-state index contributed by atoms with van der Waals surface area (Å²) >= 11 is 0. The molecule has 1 aliphatic rings. The molecule has 1 aliphatic carbocycles. The van der Waals surface area contributed by atoms with Crippen molar-refractivity contribution in [3.05, 3.63) is 22.9 Å². The maximum Gasteiger partial charge on any atom is 0.184 e. The van der Waals surface area contributed by atoms with Gasteiger partial charge in [-0.3, -0.25) is 4.79 Å². The predicted molar refractivity (Wildman–Crippen MR) is 63.3 cm³/mol. The summed E-state index contributed by atoms with van der Waals surface area (Å²) in [5.41, 5.74) is 8.34. The van der Waals surface area contributed by atoms with Gasteiger partial charge in [0.2, 0.25) is 0 Å². The Morgan fingerprint density at radius 3 is 2.53 bits per heavy atom. The van der Waals surface area contributed by atoms with E-state index in [0.29, 0.717) is 5.70 Å². The first-order valence-electron chi connectivity index (χ1n) is 5.53. The van der Waals surface area contributed by atoms with Crippen molar-refractivity contribution in [3.8, 4) is 0 Å². The highest BCUT2D eigenvalue weighted by atomic mass is 16.1. The summed E-state index contributed by atoms with van der Waals surface area (Å²) in [6.45, 7) is 8.10. The summed E-state index contributed by atoms with van der Waals surface area (Å²) < 4.78 is 0. The summed E-state index contributed by atoms with van der Waals surface area (Å²) in [6, 6.07) is 0. The fourth-order valence-corrected chi connectivity index (χ4v) is 2.45. The van der Waals surface area contributed by atoms with Gasteiger partial charge in [0.05, 0.1) is 0 Å². The van der Waals surface area contributed by atoms with Gasteiger partial charge in [-0.2, -0.15) is 0 Å². The Morgan fingerprint density at radius 1 is 1.47 bits per heavy atom. The number of carbonyl (C=O) groups excluding carboxylic acids is 1. The molecular weight excluding hydrogens is 186 g/mol. The quantitative estimate of drug-likeness (QED) is 0.707. The van der Waals surface area contributed by atoms with Crippen LogP contribution in [0.2, 0.25) is 0 Å². The van der Waals surface area contributed by atoms with E-state index in [-0.39, 0.29) is 11.2 Å². The first kappa shape index (κ1) is 12.0. The average Bonchev–Trinajstić information content (AvgIpc) is 1.99. The number of carbonyl (C=O) groups is 1. The van der Waals surface area contributed by atoms with E-state index >= 15 is 0 Å². The SMILES string of the molecule is CC1=C(C(=O)/C=C(/C)N)C(C)(C)CCC1. The average molecular weight is 207 g/mol. The summed E-state index contributed by atoms with van der Waals surface area (Å²) in [6.07, 6.45) is 4.86. The van der Waals surface area contributed by atoms with Crippen LogP contribution in [0.4, 0.5) is 0 Å². The van der Waals surface area contributed by atoms with Crippen molar-refractivity contribution < 1.29 is 4.79 Å². The zero-order chi connectivity index (χ0) is 11.6. The van der Waals surface area contributed by atoms with Gasteiger partial charge in [-0.05, 0) is 38.5 Å². The molecule has 0 spiro atoms. The molecule has 0 saturated heterocycles. The molecule has 0 heterocycles. The fraction of sp³-hybridized carbons (Fsp3) is 0.615. The molecule has 0 fully saturated rings. The normalized spacial score (nSPS) is 21.7. The standard InChI is InChI=1S/C13H21NO/c1-9-6-5-7-13(3,4)12(9)11(15)8-10(2)14/h8H,5-7,14H2,1-4H3/b10-8-. The van der Waals surface area contributed by atoms with Crippen LogP contribution in [0, 0.1) is 5.41 Å². The molecule has 1 rings (SSSR count). The van der Waals surface area contributed by atoms with Crippen molar-refractivity contribution in [3.63, 3.8) is 0 Å². The van der Waals surface area contributed by atoms with Crippen LogP contribution in [0.1, 0.15) is 47.0 Å². The van der Waals surface area contributed by atoms with Crippen molar-refractivity contribution in [2.24, 2.45) is 11.1 Å². The minimum Gasteiger partial charge on any atom is -0.402 e. The topological polar surface area (TPSA) is 43.1 Å². The van der Waals surface area contributed by atoms with E-state index in [1.54, 1.807) is 13.0 Å². The molecule has 0 bridgehead atoms. The molecule has 0 aromatic rings. The molecule has 2 heteroatoms. The van der Waals surface area contributed by atoms with Crippen molar-refractivity contribution in [2.45, 2.75) is 47.0 Å². The van der Waals surface area contributed by atoms with E-state index in [0.717, 1.165) is 18.4 Å².